The topological polar surface area (TPSA) is 22.1 Å². The van der Waals surface area contributed by atoms with Crippen LogP contribution in [-0.4, -0.2) is 4.98 Å². The van der Waals surface area contributed by atoms with E-state index in [1.807, 2.05) is 48.8 Å². The summed E-state index contributed by atoms with van der Waals surface area (Å²) in [5.74, 6) is 0.927. The molecule has 0 aliphatic rings. The molecule has 0 unspecified atom stereocenters. The van der Waals surface area contributed by atoms with Crippen molar-refractivity contribution < 1.29 is 4.74 Å². The Morgan fingerprint density at radius 2 is 1.62 bits per heavy atom. The fourth-order valence-corrected chi connectivity index (χ4v) is 2.27. The average molecular weight is 275 g/mol. The smallest absolute Gasteiger partial charge is 0.122 e. The summed E-state index contributed by atoms with van der Waals surface area (Å²) in [5, 5.41) is 0. The van der Waals surface area contributed by atoms with Crippen LogP contribution in [-0.2, 0) is 6.61 Å². The Labute approximate surface area is 125 Å². The summed E-state index contributed by atoms with van der Waals surface area (Å²) in [6, 6.07) is 20.5. The van der Waals surface area contributed by atoms with Gasteiger partial charge in [-0.05, 0) is 53.4 Å². The molecule has 0 spiro atoms. The Morgan fingerprint density at radius 1 is 0.857 bits per heavy atom. The highest BCUT2D eigenvalue weighted by molar-refractivity contribution is 5.65. The number of ether oxygens (including phenoxy) is 1. The maximum atomic E-state index is 5.90. The van der Waals surface area contributed by atoms with Crippen LogP contribution in [0.15, 0.2) is 73.1 Å². The van der Waals surface area contributed by atoms with Crippen LogP contribution >= 0.6 is 0 Å². The van der Waals surface area contributed by atoms with Gasteiger partial charge in [0.15, 0.2) is 0 Å². The number of hydrogen-bond donors (Lipinski definition) is 0. The molecule has 104 valence electrons. The summed E-state index contributed by atoms with van der Waals surface area (Å²) in [7, 11) is 0. The Kier molecular flexibility index (Phi) is 3.97. The lowest BCUT2D eigenvalue weighted by atomic mass is 10.0. The van der Waals surface area contributed by atoms with Crippen molar-refractivity contribution in [2.45, 2.75) is 13.5 Å². The van der Waals surface area contributed by atoms with Crippen molar-refractivity contribution in [3.63, 3.8) is 0 Å². The molecule has 0 amide bonds. The first-order valence-electron chi connectivity index (χ1n) is 7.01. The highest BCUT2D eigenvalue weighted by Gasteiger charge is 2.03. The monoisotopic (exact) mass is 275 g/mol. The first-order valence-corrected chi connectivity index (χ1v) is 7.01. The number of nitrogens with zero attached hydrogens (tertiary/aromatic N) is 1. The van der Waals surface area contributed by atoms with E-state index in [4.69, 9.17) is 4.74 Å². The van der Waals surface area contributed by atoms with Crippen molar-refractivity contribution in [1.29, 1.82) is 0 Å². The van der Waals surface area contributed by atoms with Gasteiger partial charge in [0.1, 0.15) is 12.4 Å². The van der Waals surface area contributed by atoms with Crippen LogP contribution in [0, 0.1) is 6.92 Å². The Hall–Kier alpha value is -2.61. The highest BCUT2D eigenvalue weighted by atomic mass is 16.5. The number of aryl methyl sites for hydroxylation is 1. The van der Waals surface area contributed by atoms with Crippen molar-refractivity contribution in [2.24, 2.45) is 0 Å². The molecule has 0 N–H and O–H groups in total. The molecule has 2 heteroatoms. The molecule has 0 aliphatic heterocycles. The van der Waals surface area contributed by atoms with E-state index < -0.39 is 0 Å². The highest BCUT2D eigenvalue weighted by Crippen LogP contribution is 2.26. The van der Waals surface area contributed by atoms with Gasteiger partial charge in [-0.2, -0.15) is 0 Å². The lowest BCUT2D eigenvalue weighted by Crippen LogP contribution is -1.96. The number of aromatic nitrogens is 1. The minimum atomic E-state index is 0.594. The zero-order chi connectivity index (χ0) is 14.5. The van der Waals surface area contributed by atoms with Gasteiger partial charge in [0, 0.05) is 12.4 Å². The molecule has 3 aromatic rings. The van der Waals surface area contributed by atoms with Gasteiger partial charge in [0.25, 0.3) is 0 Å². The molecule has 2 aromatic carbocycles. The van der Waals surface area contributed by atoms with E-state index in [0.717, 1.165) is 11.3 Å². The molecule has 0 saturated carbocycles. The molecular weight excluding hydrogens is 258 g/mol. The first-order chi connectivity index (χ1) is 10.3. The predicted octanol–water partition coefficient (Wildman–Crippen LogP) is 4.64. The molecule has 2 nitrogen and oxygen atoms in total. The van der Waals surface area contributed by atoms with Gasteiger partial charge >= 0.3 is 0 Å². The van der Waals surface area contributed by atoms with Crippen LogP contribution in [0.5, 0.6) is 5.75 Å². The first kappa shape index (κ1) is 13.4. The van der Waals surface area contributed by atoms with Crippen LogP contribution in [0.4, 0.5) is 0 Å². The normalized spacial score (nSPS) is 10.3. The minimum Gasteiger partial charge on any atom is -0.489 e. The van der Waals surface area contributed by atoms with Crippen LogP contribution < -0.4 is 4.74 Å². The standard InChI is InChI=1S/C19H17NO/c1-15-13-18(17-9-11-20-12-10-17)7-8-19(15)21-14-16-5-3-2-4-6-16/h2-13H,14H2,1H3. The second kappa shape index (κ2) is 6.23. The summed E-state index contributed by atoms with van der Waals surface area (Å²) in [6.45, 7) is 2.67. The Balaban J connectivity index is 1.76. The molecule has 0 saturated heterocycles. The van der Waals surface area contributed by atoms with Gasteiger partial charge in [-0.15, -0.1) is 0 Å². The Morgan fingerprint density at radius 3 is 2.33 bits per heavy atom. The number of benzene rings is 2. The van der Waals surface area contributed by atoms with Crippen LogP contribution in [0.2, 0.25) is 0 Å². The molecule has 3 rings (SSSR count). The molecular formula is C19H17NO. The SMILES string of the molecule is Cc1cc(-c2ccncc2)ccc1OCc1ccccc1. The molecule has 1 heterocycles. The van der Waals surface area contributed by atoms with Crippen LogP contribution in [0.3, 0.4) is 0 Å². The van der Waals surface area contributed by atoms with Gasteiger partial charge in [-0.1, -0.05) is 36.4 Å². The molecule has 0 aliphatic carbocycles. The molecule has 0 radical (unpaired) electrons. The average Bonchev–Trinajstić information content (AvgIpc) is 2.55. The van der Waals surface area contributed by atoms with E-state index in [1.165, 1.54) is 16.7 Å². The van der Waals surface area contributed by atoms with Gasteiger partial charge in [0.05, 0.1) is 0 Å². The van der Waals surface area contributed by atoms with Crippen LogP contribution in [0.25, 0.3) is 11.1 Å². The van der Waals surface area contributed by atoms with E-state index in [2.05, 4.69) is 36.2 Å². The zero-order valence-corrected chi connectivity index (χ0v) is 12.0. The fraction of sp³-hybridized carbons (Fsp3) is 0.105. The lowest BCUT2D eigenvalue weighted by molar-refractivity contribution is 0.304. The van der Waals surface area contributed by atoms with Crippen LogP contribution in [0.1, 0.15) is 11.1 Å². The van der Waals surface area contributed by atoms with E-state index >= 15 is 0 Å². The van der Waals surface area contributed by atoms with E-state index in [-0.39, 0.29) is 0 Å². The molecule has 0 fully saturated rings. The van der Waals surface area contributed by atoms with Crippen molar-refractivity contribution >= 4 is 0 Å². The van der Waals surface area contributed by atoms with Gasteiger partial charge < -0.3 is 4.74 Å². The van der Waals surface area contributed by atoms with Crippen molar-refractivity contribution in [2.75, 3.05) is 0 Å². The van der Waals surface area contributed by atoms with E-state index in [9.17, 15) is 0 Å². The predicted molar refractivity (Wildman–Crippen MR) is 85.2 cm³/mol. The quantitative estimate of drug-likeness (QED) is 0.692. The minimum absolute atomic E-state index is 0.594. The zero-order valence-electron chi connectivity index (χ0n) is 12.0. The summed E-state index contributed by atoms with van der Waals surface area (Å²) in [4.78, 5) is 4.05. The molecule has 21 heavy (non-hydrogen) atoms. The van der Waals surface area contributed by atoms with E-state index in [0.29, 0.717) is 6.61 Å². The second-order valence-electron chi connectivity index (χ2n) is 4.99. The van der Waals surface area contributed by atoms with Crippen molar-refractivity contribution in [3.8, 4) is 16.9 Å². The number of hydrogen-bond acceptors (Lipinski definition) is 2. The molecule has 0 bridgehead atoms. The second-order valence-corrected chi connectivity index (χ2v) is 4.99. The third-order valence-corrected chi connectivity index (χ3v) is 3.43. The third kappa shape index (κ3) is 3.29. The maximum absolute atomic E-state index is 5.90. The van der Waals surface area contributed by atoms with Gasteiger partial charge in [-0.3, -0.25) is 4.98 Å². The summed E-state index contributed by atoms with van der Waals surface area (Å²) in [6.07, 6.45) is 3.62. The summed E-state index contributed by atoms with van der Waals surface area (Å²) < 4.78 is 5.90. The Bertz CT molecular complexity index is 708. The molecule has 0 atom stereocenters. The summed E-state index contributed by atoms with van der Waals surface area (Å²) >= 11 is 0. The largest absolute Gasteiger partial charge is 0.489 e. The third-order valence-electron chi connectivity index (χ3n) is 3.43. The maximum Gasteiger partial charge on any atom is 0.122 e. The fourth-order valence-electron chi connectivity index (χ4n) is 2.27. The number of rotatable bonds is 4. The lowest BCUT2D eigenvalue weighted by Gasteiger charge is -2.11. The van der Waals surface area contributed by atoms with Crippen molar-refractivity contribution in [3.05, 3.63) is 84.2 Å². The van der Waals surface area contributed by atoms with Gasteiger partial charge in [-0.25, -0.2) is 0 Å². The molecule has 1 aromatic heterocycles. The van der Waals surface area contributed by atoms with Crippen molar-refractivity contribution in [1.82, 2.24) is 4.98 Å². The summed E-state index contributed by atoms with van der Waals surface area (Å²) in [5.41, 5.74) is 4.67. The van der Waals surface area contributed by atoms with Gasteiger partial charge in [0.2, 0.25) is 0 Å². The van der Waals surface area contributed by atoms with E-state index in [1.54, 1.807) is 0 Å². The number of pyridine rings is 1.